The number of aromatic hydroxyl groups is 1. The Bertz CT molecular complexity index is 482. The minimum atomic E-state index is -1.03. The largest absolute Gasteiger partial charge is 0.508 e. The zero-order valence-corrected chi connectivity index (χ0v) is 9.93. The molecule has 0 heterocycles. The van der Waals surface area contributed by atoms with Crippen molar-refractivity contribution in [2.24, 2.45) is 0 Å². The zero-order valence-electron chi connectivity index (χ0n) is 9.93. The minimum Gasteiger partial charge on any atom is -0.508 e. The number of terminal acetylenes is 1. The van der Waals surface area contributed by atoms with Crippen LogP contribution in [0.4, 0.5) is 4.39 Å². The summed E-state index contributed by atoms with van der Waals surface area (Å²) in [7, 11) is 0. The lowest BCUT2D eigenvalue weighted by Crippen LogP contribution is -2.32. The molecule has 0 spiro atoms. The van der Waals surface area contributed by atoms with E-state index in [1.807, 2.05) is 0 Å². The fraction of sp³-hybridized carbons (Fsp3) is 0.308. The molecule has 96 valence electrons. The molecule has 0 amide bonds. The monoisotopic (exact) mass is 251 g/mol. The van der Waals surface area contributed by atoms with E-state index in [4.69, 9.17) is 11.5 Å². The molecule has 1 aromatic carbocycles. The van der Waals surface area contributed by atoms with Gasteiger partial charge in [-0.15, -0.1) is 6.42 Å². The molecule has 0 radical (unpaired) electrons. The Hall–Kier alpha value is -2.06. The molecule has 5 heteroatoms. The first kappa shape index (κ1) is 14.0. The van der Waals surface area contributed by atoms with Gasteiger partial charge in [0.1, 0.15) is 11.6 Å². The molecule has 1 rings (SSSR count). The molecule has 18 heavy (non-hydrogen) atoms. The first-order valence-corrected chi connectivity index (χ1v) is 5.33. The van der Waals surface area contributed by atoms with Gasteiger partial charge in [-0.25, -0.2) is 4.39 Å². The van der Waals surface area contributed by atoms with Gasteiger partial charge in [0.2, 0.25) is 0 Å². The average Bonchev–Trinajstić information content (AvgIpc) is 2.30. The lowest BCUT2D eigenvalue weighted by molar-refractivity contribution is -0.138. The lowest BCUT2D eigenvalue weighted by Gasteiger charge is -2.26. The molecule has 0 fully saturated rings. The Labute approximate surface area is 105 Å². The normalized spacial score (nSPS) is 12.1. The third-order valence-corrected chi connectivity index (χ3v) is 2.62. The van der Waals surface area contributed by atoms with Crippen molar-refractivity contribution in [3.8, 4) is 18.1 Å². The molecule has 0 saturated heterocycles. The van der Waals surface area contributed by atoms with E-state index in [2.05, 4.69) is 5.92 Å². The van der Waals surface area contributed by atoms with E-state index in [9.17, 15) is 14.3 Å². The van der Waals surface area contributed by atoms with Crippen molar-refractivity contribution >= 4 is 5.97 Å². The number of rotatable bonds is 5. The second-order valence-electron chi connectivity index (χ2n) is 3.88. The van der Waals surface area contributed by atoms with Gasteiger partial charge in [0.05, 0.1) is 13.1 Å². The van der Waals surface area contributed by atoms with Gasteiger partial charge in [0, 0.05) is 11.6 Å². The topological polar surface area (TPSA) is 60.8 Å². The summed E-state index contributed by atoms with van der Waals surface area (Å²) in [6.07, 6.45) is 5.17. The van der Waals surface area contributed by atoms with E-state index in [0.717, 1.165) is 6.07 Å². The van der Waals surface area contributed by atoms with Crippen LogP contribution >= 0.6 is 0 Å². The van der Waals surface area contributed by atoms with E-state index < -0.39 is 17.8 Å². The highest BCUT2D eigenvalue weighted by molar-refractivity contribution is 5.69. The highest BCUT2D eigenvalue weighted by atomic mass is 19.1. The van der Waals surface area contributed by atoms with Crippen LogP contribution in [0.15, 0.2) is 18.2 Å². The van der Waals surface area contributed by atoms with Crippen LogP contribution in [-0.2, 0) is 4.79 Å². The van der Waals surface area contributed by atoms with Crippen molar-refractivity contribution in [2.45, 2.75) is 13.0 Å². The molecule has 0 bridgehead atoms. The van der Waals surface area contributed by atoms with Crippen LogP contribution in [-0.4, -0.2) is 34.2 Å². The van der Waals surface area contributed by atoms with Crippen LogP contribution in [0, 0.1) is 18.2 Å². The average molecular weight is 251 g/mol. The van der Waals surface area contributed by atoms with Crippen molar-refractivity contribution < 1.29 is 19.4 Å². The number of carbonyl (C=O) groups is 1. The fourth-order valence-electron chi connectivity index (χ4n) is 1.68. The molecule has 4 nitrogen and oxygen atoms in total. The van der Waals surface area contributed by atoms with Crippen molar-refractivity contribution in [2.75, 3.05) is 13.1 Å². The van der Waals surface area contributed by atoms with Crippen LogP contribution in [0.25, 0.3) is 0 Å². The van der Waals surface area contributed by atoms with Crippen molar-refractivity contribution in [3.63, 3.8) is 0 Å². The summed E-state index contributed by atoms with van der Waals surface area (Å²) < 4.78 is 13.1. The highest BCUT2D eigenvalue weighted by Gasteiger charge is 2.20. The van der Waals surface area contributed by atoms with Crippen molar-refractivity contribution in [1.29, 1.82) is 0 Å². The van der Waals surface area contributed by atoms with Gasteiger partial charge in [-0.05, 0) is 25.1 Å². The quantitative estimate of drug-likeness (QED) is 0.780. The summed E-state index contributed by atoms with van der Waals surface area (Å²) in [6.45, 7) is 1.49. The number of hydrogen-bond acceptors (Lipinski definition) is 3. The summed E-state index contributed by atoms with van der Waals surface area (Å²) in [5.74, 6) is 0.729. The van der Waals surface area contributed by atoms with E-state index in [0.29, 0.717) is 5.56 Å². The molecule has 0 aliphatic heterocycles. The molecular weight excluding hydrogens is 237 g/mol. The van der Waals surface area contributed by atoms with Crippen LogP contribution in [0.3, 0.4) is 0 Å². The number of hydrogen-bond donors (Lipinski definition) is 2. The van der Waals surface area contributed by atoms with Gasteiger partial charge in [-0.2, -0.15) is 0 Å². The summed E-state index contributed by atoms with van der Waals surface area (Å²) in [5.41, 5.74) is 0.312. The standard InChI is InChI=1S/C13H14FNO3/c1-3-6-15(8-13(17)18)9(2)11-7-10(14)4-5-12(11)16/h1,4-5,7,9,16H,6,8H2,2H3,(H,17,18). The maximum Gasteiger partial charge on any atom is 0.317 e. The number of benzene rings is 1. The molecule has 1 atom stereocenters. The van der Waals surface area contributed by atoms with Gasteiger partial charge in [-0.1, -0.05) is 5.92 Å². The minimum absolute atomic E-state index is 0.0867. The predicted octanol–water partition coefficient (Wildman–Crippen LogP) is 1.61. The van der Waals surface area contributed by atoms with Gasteiger partial charge in [-0.3, -0.25) is 9.69 Å². The Morgan fingerprint density at radius 1 is 1.61 bits per heavy atom. The van der Waals surface area contributed by atoms with Crippen LogP contribution in [0.2, 0.25) is 0 Å². The summed E-state index contributed by atoms with van der Waals surface area (Å²) in [4.78, 5) is 12.2. The van der Waals surface area contributed by atoms with E-state index >= 15 is 0 Å². The number of nitrogens with zero attached hydrogens (tertiary/aromatic N) is 1. The van der Waals surface area contributed by atoms with E-state index in [1.165, 1.54) is 17.0 Å². The molecule has 0 saturated carbocycles. The number of phenols is 1. The Kier molecular flexibility index (Phi) is 4.69. The third-order valence-electron chi connectivity index (χ3n) is 2.62. The Morgan fingerprint density at radius 2 is 2.28 bits per heavy atom. The Balaban J connectivity index is 3.01. The van der Waals surface area contributed by atoms with Gasteiger partial charge in [0.15, 0.2) is 0 Å². The number of carboxylic acids is 1. The van der Waals surface area contributed by atoms with E-state index in [-0.39, 0.29) is 18.8 Å². The van der Waals surface area contributed by atoms with Gasteiger partial charge in [0.25, 0.3) is 0 Å². The summed E-state index contributed by atoms with van der Waals surface area (Å²) in [6, 6.07) is 3.04. The maximum atomic E-state index is 13.1. The summed E-state index contributed by atoms with van der Waals surface area (Å²) >= 11 is 0. The van der Waals surface area contributed by atoms with E-state index in [1.54, 1.807) is 6.92 Å². The number of halogens is 1. The smallest absolute Gasteiger partial charge is 0.317 e. The number of phenolic OH excluding ortho intramolecular Hbond substituents is 1. The van der Waals surface area contributed by atoms with Crippen molar-refractivity contribution in [1.82, 2.24) is 4.90 Å². The van der Waals surface area contributed by atoms with Gasteiger partial charge >= 0.3 is 5.97 Å². The maximum absolute atomic E-state index is 13.1. The van der Waals surface area contributed by atoms with Crippen LogP contribution in [0.1, 0.15) is 18.5 Å². The Morgan fingerprint density at radius 3 is 2.83 bits per heavy atom. The summed E-state index contributed by atoms with van der Waals surface area (Å²) in [5, 5.41) is 18.4. The number of aliphatic carboxylic acids is 1. The first-order valence-electron chi connectivity index (χ1n) is 5.33. The zero-order chi connectivity index (χ0) is 13.7. The molecule has 1 unspecified atom stereocenters. The second-order valence-corrected chi connectivity index (χ2v) is 3.88. The van der Waals surface area contributed by atoms with Crippen LogP contribution < -0.4 is 0 Å². The lowest BCUT2D eigenvalue weighted by atomic mass is 10.1. The molecule has 2 N–H and O–H groups in total. The van der Waals surface area contributed by atoms with Gasteiger partial charge < -0.3 is 10.2 Å². The van der Waals surface area contributed by atoms with Crippen LogP contribution in [0.5, 0.6) is 5.75 Å². The number of carboxylic acid groups (broad SMARTS) is 1. The molecule has 1 aromatic rings. The third kappa shape index (κ3) is 3.47. The molecule has 0 aliphatic rings. The predicted molar refractivity (Wildman–Crippen MR) is 64.5 cm³/mol. The second kappa shape index (κ2) is 6.03. The highest BCUT2D eigenvalue weighted by Crippen LogP contribution is 2.28. The molecule has 0 aromatic heterocycles. The molecular formula is C13H14FNO3. The fourth-order valence-corrected chi connectivity index (χ4v) is 1.68. The van der Waals surface area contributed by atoms with Crippen molar-refractivity contribution in [3.05, 3.63) is 29.6 Å². The molecule has 0 aliphatic carbocycles. The SMILES string of the molecule is C#CCN(CC(=O)O)C(C)c1cc(F)ccc1O. The first-order chi connectivity index (χ1) is 8.45.